The molecule has 0 unspecified atom stereocenters. The van der Waals surface area contributed by atoms with E-state index < -0.39 is 0 Å². The Morgan fingerprint density at radius 1 is 1.04 bits per heavy atom. The zero-order valence-electron chi connectivity index (χ0n) is 15.6. The van der Waals surface area contributed by atoms with E-state index >= 15 is 0 Å². The Hall–Kier alpha value is -2.79. The molecule has 2 heterocycles. The molecule has 2 N–H and O–H groups in total. The molecule has 1 aromatic heterocycles. The van der Waals surface area contributed by atoms with Gasteiger partial charge in [-0.1, -0.05) is 12.1 Å². The Balaban J connectivity index is 1.82. The monoisotopic (exact) mass is 367 g/mol. The number of benzene rings is 2. The number of fused-ring (bicyclic) bond motifs is 3. The van der Waals surface area contributed by atoms with E-state index in [0.717, 1.165) is 35.0 Å². The van der Waals surface area contributed by atoms with Crippen molar-refractivity contribution in [1.82, 2.24) is 4.57 Å². The maximum Gasteiger partial charge on any atom is 0.163 e. The second-order valence-electron chi connectivity index (χ2n) is 6.57. The standard InChI is InChI=1S/C22H23FN2O2/c1-3-26-20-12-16-14-24-22(15-7-5-8-17(23)11-15)18-9-6-10-25(18)19(16)13-21(20)27-4-2/h5-13,22,24H,3-4,14H2,1-2H3/p+1/t22-/m0/s1. The van der Waals surface area contributed by atoms with Crippen LogP contribution in [0.3, 0.4) is 0 Å². The summed E-state index contributed by atoms with van der Waals surface area (Å²) in [5.74, 6) is 1.31. The van der Waals surface area contributed by atoms with Gasteiger partial charge in [-0.2, -0.15) is 0 Å². The summed E-state index contributed by atoms with van der Waals surface area (Å²) >= 11 is 0. The van der Waals surface area contributed by atoms with Crippen LogP contribution in [0.15, 0.2) is 54.7 Å². The number of quaternary nitrogens is 1. The Bertz CT molecular complexity index is 951. The zero-order chi connectivity index (χ0) is 18.8. The molecule has 0 saturated heterocycles. The molecule has 0 amide bonds. The number of aromatic nitrogens is 1. The minimum Gasteiger partial charge on any atom is -0.490 e. The molecular formula is C22H24FN2O2+. The van der Waals surface area contributed by atoms with Gasteiger partial charge in [0.2, 0.25) is 0 Å². The average molecular weight is 367 g/mol. The SMILES string of the molecule is CCOc1cc2c(cc1OCC)-n1cccc1[C@H](c1cccc(F)c1)[NH2+]C2. The van der Waals surface area contributed by atoms with Gasteiger partial charge in [0.15, 0.2) is 17.5 Å². The van der Waals surface area contributed by atoms with Gasteiger partial charge in [0.1, 0.15) is 12.4 Å². The van der Waals surface area contributed by atoms with E-state index in [2.05, 4.69) is 34.3 Å². The summed E-state index contributed by atoms with van der Waals surface area (Å²) in [7, 11) is 0. The highest BCUT2D eigenvalue weighted by atomic mass is 19.1. The summed E-state index contributed by atoms with van der Waals surface area (Å²) < 4.78 is 27.6. The molecule has 27 heavy (non-hydrogen) atoms. The first-order valence-electron chi connectivity index (χ1n) is 9.40. The number of ether oxygens (including phenoxy) is 2. The van der Waals surface area contributed by atoms with Gasteiger partial charge in [0, 0.05) is 23.4 Å². The molecule has 4 nitrogen and oxygen atoms in total. The van der Waals surface area contributed by atoms with Crippen molar-refractivity contribution in [3.8, 4) is 17.2 Å². The zero-order valence-corrected chi connectivity index (χ0v) is 15.6. The molecule has 140 valence electrons. The van der Waals surface area contributed by atoms with Gasteiger partial charge in [-0.25, -0.2) is 4.39 Å². The normalized spacial score (nSPS) is 15.6. The number of hydrogen-bond acceptors (Lipinski definition) is 2. The highest BCUT2D eigenvalue weighted by Crippen LogP contribution is 2.35. The molecule has 0 aliphatic carbocycles. The van der Waals surface area contributed by atoms with Gasteiger partial charge in [-0.15, -0.1) is 0 Å². The minimum absolute atomic E-state index is 0.0224. The largest absolute Gasteiger partial charge is 0.490 e. The number of rotatable bonds is 5. The summed E-state index contributed by atoms with van der Waals surface area (Å²) in [4.78, 5) is 0. The molecule has 2 aromatic carbocycles. The van der Waals surface area contributed by atoms with Crippen LogP contribution in [0.5, 0.6) is 11.5 Å². The number of halogens is 1. The lowest BCUT2D eigenvalue weighted by Crippen LogP contribution is -2.83. The molecule has 5 heteroatoms. The molecule has 0 bridgehead atoms. The molecule has 4 rings (SSSR count). The van der Waals surface area contributed by atoms with E-state index in [1.807, 2.05) is 26.0 Å². The topological polar surface area (TPSA) is 40.0 Å². The smallest absolute Gasteiger partial charge is 0.163 e. The Morgan fingerprint density at radius 3 is 2.56 bits per heavy atom. The van der Waals surface area contributed by atoms with Crippen LogP contribution in [-0.2, 0) is 6.54 Å². The van der Waals surface area contributed by atoms with E-state index in [4.69, 9.17) is 9.47 Å². The average Bonchev–Trinajstić information content (AvgIpc) is 3.08. The van der Waals surface area contributed by atoms with Crippen molar-refractivity contribution in [3.63, 3.8) is 0 Å². The summed E-state index contributed by atoms with van der Waals surface area (Å²) in [5.41, 5.74) is 4.32. The lowest BCUT2D eigenvalue weighted by Gasteiger charge is -2.16. The minimum atomic E-state index is -0.210. The van der Waals surface area contributed by atoms with E-state index in [-0.39, 0.29) is 11.9 Å². The van der Waals surface area contributed by atoms with Crippen LogP contribution < -0.4 is 14.8 Å². The lowest BCUT2D eigenvalue weighted by atomic mass is 10.0. The maximum absolute atomic E-state index is 13.8. The fourth-order valence-electron chi connectivity index (χ4n) is 3.76. The summed E-state index contributed by atoms with van der Waals surface area (Å²) in [6.45, 7) is 5.87. The first-order chi connectivity index (χ1) is 13.2. The molecule has 0 radical (unpaired) electrons. The van der Waals surface area contributed by atoms with Crippen molar-refractivity contribution in [2.24, 2.45) is 0 Å². The van der Waals surface area contributed by atoms with E-state index in [1.165, 1.54) is 11.6 Å². The second kappa shape index (κ2) is 7.45. The fourth-order valence-corrected chi connectivity index (χ4v) is 3.76. The van der Waals surface area contributed by atoms with Crippen molar-refractivity contribution in [2.75, 3.05) is 13.2 Å². The van der Waals surface area contributed by atoms with Gasteiger partial charge in [0.05, 0.1) is 24.6 Å². The van der Waals surface area contributed by atoms with Crippen molar-refractivity contribution < 1.29 is 19.2 Å². The molecule has 0 spiro atoms. The predicted molar refractivity (Wildman–Crippen MR) is 102 cm³/mol. The molecular weight excluding hydrogens is 343 g/mol. The molecule has 0 saturated carbocycles. The van der Waals surface area contributed by atoms with E-state index in [9.17, 15) is 4.39 Å². The van der Waals surface area contributed by atoms with Gasteiger partial charge < -0.3 is 19.4 Å². The third-order valence-electron chi connectivity index (χ3n) is 4.88. The lowest BCUT2D eigenvalue weighted by molar-refractivity contribution is -0.702. The predicted octanol–water partition coefficient (Wildman–Crippen LogP) is 3.58. The second-order valence-corrected chi connectivity index (χ2v) is 6.57. The maximum atomic E-state index is 13.8. The highest BCUT2D eigenvalue weighted by molar-refractivity contribution is 5.56. The van der Waals surface area contributed by atoms with Gasteiger partial charge in [-0.3, -0.25) is 0 Å². The fraction of sp³-hybridized carbons (Fsp3) is 0.273. The summed E-state index contributed by atoms with van der Waals surface area (Å²) in [6.07, 6.45) is 2.05. The van der Waals surface area contributed by atoms with E-state index in [1.54, 1.807) is 12.1 Å². The quantitative estimate of drug-likeness (QED) is 0.749. The molecule has 1 atom stereocenters. The molecule has 3 aromatic rings. The Morgan fingerprint density at radius 2 is 1.81 bits per heavy atom. The van der Waals surface area contributed by atoms with Crippen LogP contribution in [0.2, 0.25) is 0 Å². The molecule has 1 aliphatic rings. The van der Waals surface area contributed by atoms with Crippen molar-refractivity contribution in [2.45, 2.75) is 26.4 Å². The van der Waals surface area contributed by atoms with Crippen molar-refractivity contribution >= 4 is 0 Å². The van der Waals surface area contributed by atoms with Crippen LogP contribution in [0.4, 0.5) is 4.39 Å². The van der Waals surface area contributed by atoms with Gasteiger partial charge in [-0.05, 0) is 44.2 Å². The molecule has 1 aliphatic heterocycles. The highest BCUT2D eigenvalue weighted by Gasteiger charge is 2.27. The van der Waals surface area contributed by atoms with Crippen molar-refractivity contribution in [3.05, 3.63) is 77.4 Å². The first kappa shape index (κ1) is 17.6. The number of nitrogens with two attached hydrogens (primary N) is 1. The van der Waals surface area contributed by atoms with Crippen LogP contribution in [0.1, 0.15) is 36.7 Å². The molecule has 0 fully saturated rings. The van der Waals surface area contributed by atoms with E-state index in [0.29, 0.717) is 13.2 Å². The third-order valence-corrected chi connectivity index (χ3v) is 4.88. The first-order valence-corrected chi connectivity index (χ1v) is 9.40. The Labute approximate surface area is 158 Å². The van der Waals surface area contributed by atoms with Gasteiger partial charge >= 0.3 is 0 Å². The summed E-state index contributed by atoms with van der Waals surface area (Å²) in [5, 5.41) is 2.24. The Kier molecular flexibility index (Phi) is 4.86. The summed E-state index contributed by atoms with van der Waals surface area (Å²) in [6, 6.07) is 15.1. The van der Waals surface area contributed by atoms with Crippen LogP contribution in [0, 0.1) is 5.82 Å². The number of hydrogen-bond donors (Lipinski definition) is 1. The number of nitrogens with zero attached hydrogens (tertiary/aromatic N) is 1. The van der Waals surface area contributed by atoms with Gasteiger partial charge in [0.25, 0.3) is 0 Å². The van der Waals surface area contributed by atoms with Crippen molar-refractivity contribution in [1.29, 1.82) is 0 Å². The van der Waals surface area contributed by atoms with Crippen LogP contribution >= 0.6 is 0 Å². The van der Waals surface area contributed by atoms with Crippen LogP contribution in [0.25, 0.3) is 5.69 Å². The van der Waals surface area contributed by atoms with Crippen LogP contribution in [-0.4, -0.2) is 17.8 Å². The third kappa shape index (κ3) is 3.30.